The van der Waals surface area contributed by atoms with Gasteiger partial charge in [-0.15, -0.1) is 0 Å². The molecular weight excluding hydrogens is 520 g/mol. The SMILES string of the molecule is CC(C)c1cc(C(c2ccccc2)c2ccccc2)c(N=Cc2ccccn2)c(C(c2ccccc2)c2ccccc2)c1. The first-order chi connectivity index (χ1) is 21.2. The number of aromatic nitrogens is 1. The molecule has 6 aromatic rings. The molecule has 0 saturated heterocycles. The molecule has 5 aromatic carbocycles. The molecule has 0 unspecified atom stereocenters. The Morgan fingerprint density at radius 2 is 0.884 bits per heavy atom. The lowest BCUT2D eigenvalue weighted by Crippen LogP contribution is -2.10. The van der Waals surface area contributed by atoms with E-state index in [9.17, 15) is 0 Å². The Kier molecular flexibility index (Phi) is 8.66. The summed E-state index contributed by atoms with van der Waals surface area (Å²) in [5, 5.41) is 0. The third-order valence-electron chi connectivity index (χ3n) is 8.03. The van der Waals surface area contributed by atoms with Crippen molar-refractivity contribution < 1.29 is 0 Å². The highest BCUT2D eigenvalue weighted by molar-refractivity contribution is 5.81. The number of hydrogen-bond acceptors (Lipinski definition) is 2. The lowest BCUT2D eigenvalue weighted by atomic mass is 9.77. The van der Waals surface area contributed by atoms with Crippen LogP contribution in [0, 0.1) is 0 Å². The molecule has 0 N–H and O–H groups in total. The van der Waals surface area contributed by atoms with Crippen LogP contribution in [0.1, 0.15) is 76.2 Å². The van der Waals surface area contributed by atoms with Crippen molar-refractivity contribution in [1.29, 1.82) is 0 Å². The molecule has 6 rings (SSSR count). The van der Waals surface area contributed by atoms with Crippen LogP contribution in [-0.4, -0.2) is 11.2 Å². The van der Waals surface area contributed by atoms with E-state index < -0.39 is 0 Å². The van der Waals surface area contributed by atoms with Gasteiger partial charge in [0, 0.05) is 18.0 Å². The third-order valence-corrected chi connectivity index (χ3v) is 8.03. The minimum absolute atomic E-state index is 0.00271. The predicted octanol–water partition coefficient (Wildman–Crippen LogP) is 10.3. The van der Waals surface area contributed by atoms with E-state index in [4.69, 9.17) is 4.99 Å². The highest BCUT2D eigenvalue weighted by Crippen LogP contribution is 2.46. The highest BCUT2D eigenvalue weighted by atomic mass is 14.8. The van der Waals surface area contributed by atoms with Crippen molar-refractivity contribution in [2.45, 2.75) is 31.6 Å². The van der Waals surface area contributed by atoms with Gasteiger partial charge in [0.15, 0.2) is 0 Å². The topological polar surface area (TPSA) is 25.2 Å². The van der Waals surface area contributed by atoms with Gasteiger partial charge in [-0.2, -0.15) is 0 Å². The summed E-state index contributed by atoms with van der Waals surface area (Å²) in [6.45, 7) is 4.56. The van der Waals surface area contributed by atoms with Gasteiger partial charge in [0.05, 0.1) is 17.6 Å². The van der Waals surface area contributed by atoms with E-state index in [0.717, 1.165) is 11.4 Å². The summed E-state index contributed by atoms with van der Waals surface area (Å²) < 4.78 is 0. The third kappa shape index (κ3) is 6.39. The molecular formula is C41H36N2. The van der Waals surface area contributed by atoms with Crippen LogP contribution in [-0.2, 0) is 0 Å². The first-order valence-electron chi connectivity index (χ1n) is 15.0. The van der Waals surface area contributed by atoms with Gasteiger partial charge in [0.2, 0.25) is 0 Å². The smallest absolute Gasteiger partial charge is 0.0812 e. The van der Waals surface area contributed by atoms with Crippen molar-refractivity contribution in [2.75, 3.05) is 0 Å². The molecule has 0 atom stereocenters. The van der Waals surface area contributed by atoms with Crippen LogP contribution in [0.4, 0.5) is 5.69 Å². The molecule has 1 aromatic heterocycles. The molecule has 0 aliphatic carbocycles. The van der Waals surface area contributed by atoms with E-state index in [-0.39, 0.29) is 11.8 Å². The quantitative estimate of drug-likeness (QED) is 0.128. The Hall–Kier alpha value is -5.08. The molecule has 0 spiro atoms. The summed E-state index contributed by atoms with van der Waals surface area (Å²) in [6.07, 6.45) is 3.73. The summed E-state index contributed by atoms with van der Waals surface area (Å²) in [5.41, 5.74) is 10.5. The number of hydrogen-bond donors (Lipinski definition) is 0. The van der Waals surface area contributed by atoms with Gasteiger partial charge >= 0.3 is 0 Å². The Balaban J connectivity index is 1.70. The zero-order chi connectivity index (χ0) is 29.4. The van der Waals surface area contributed by atoms with Gasteiger partial charge in [-0.3, -0.25) is 9.98 Å². The zero-order valence-electron chi connectivity index (χ0n) is 24.7. The molecule has 1 heterocycles. The molecule has 0 amide bonds. The average molecular weight is 557 g/mol. The van der Waals surface area contributed by atoms with Crippen molar-refractivity contribution >= 4 is 11.9 Å². The minimum atomic E-state index is 0.00271. The van der Waals surface area contributed by atoms with Gasteiger partial charge in [-0.25, -0.2) is 0 Å². The fraction of sp³-hybridized carbons (Fsp3) is 0.122. The first-order valence-corrected chi connectivity index (χ1v) is 15.0. The van der Waals surface area contributed by atoms with Crippen LogP contribution >= 0.6 is 0 Å². The van der Waals surface area contributed by atoms with Crippen molar-refractivity contribution in [3.63, 3.8) is 0 Å². The summed E-state index contributed by atoms with van der Waals surface area (Å²) in [7, 11) is 0. The van der Waals surface area contributed by atoms with Crippen LogP contribution in [0.2, 0.25) is 0 Å². The fourth-order valence-corrected chi connectivity index (χ4v) is 5.89. The maximum atomic E-state index is 5.33. The monoisotopic (exact) mass is 556 g/mol. The van der Waals surface area contributed by atoms with Crippen LogP contribution < -0.4 is 0 Å². The number of nitrogens with zero attached hydrogens (tertiary/aromatic N) is 2. The predicted molar refractivity (Wildman–Crippen MR) is 180 cm³/mol. The maximum Gasteiger partial charge on any atom is 0.0812 e. The Bertz CT molecular complexity index is 1580. The number of aliphatic imine (C=N–C) groups is 1. The molecule has 0 aliphatic heterocycles. The summed E-state index contributed by atoms with van der Waals surface area (Å²) in [6, 6.07) is 54.0. The Morgan fingerprint density at radius 3 is 1.23 bits per heavy atom. The van der Waals surface area contributed by atoms with Crippen LogP contribution in [0.3, 0.4) is 0 Å². The molecule has 0 radical (unpaired) electrons. The van der Waals surface area contributed by atoms with Crippen molar-refractivity contribution in [3.05, 3.63) is 202 Å². The standard InChI is InChI=1S/C41H36N2/c1-30(2)35-27-37(39(31-17-7-3-8-18-31)32-19-9-4-10-20-32)41(43-29-36-25-15-16-26-42-36)38(28-35)40(33-21-11-5-12-22-33)34-23-13-6-14-24-34/h3-30,39-40H,1-2H3. The Labute approximate surface area is 255 Å². The number of pyridine rings is 1. The van der Waals surface area contributed by atoms with Crippen molar-refractivity contribution in [2.24, 2.45) is 4.99 Å². The summed E-state index contributed by atoms with van der Waals surface area (Å²) in [5.74, 6) is 0.344. The van der Waals surface area contributed by atoms with E-state index >= 15 is 0 Å². The van der Waals surface area contributed by atoms with Crippen LogP contribution in [0.15, 0.2) is 163 Å². The van der Waals surface area contributed by atoms with Gasteiger partial charge in [-0.1, -0.05) is 153 Å². The molecule has 2 nitrogen and oxygen atoms in total. The maximum absolute atomic E-state index is 5.33. The zero-order valence-corrected chi connectivity index (χ0v) is 24.7. The average Bonchev–Trinajstić information content (AvgIpc) is 3.07. The van der Waals surface area contributed by atoms with Crippen LogP contribution in [0.25, 0.3) is 0 Å². The van der Waals surface area contributed by atoms with E-state index in [1.165, 1.54) is 38.9 Å². The molecule has 43 heavy (non-hydrogen) atoms. The lowest BCUT2D eigenvalue weighted by molar-refractivity contribution is 0.845. The highest BCUT2D eigenvalue weighted by Gasteiger charge is 2.27. The van der Waals surface area contributed by atoms with Gasteiger partial charge in [0.25, 0.3) is 0 Å². The molecule has 210 valence electrons. The molecule has 0 aliphatic rings. The minimum Gasteiger partial charge on any atom is -0.255 e. The van der Waals surface area contributed by atoms with Gasteiger partial charge in [-0.05, 0) is 57.0 Å². The molecule has 2 heteroatoms. The molecule has 0 bridgehead atoms. The van der Waals surface area contributed by atoms with E-state index in [0.29, 0.717) is 5.92 Å². The second kappa shape index (κ2) is 13.3. The Morgan fingerprint density at radius 1 is 0.488 bits per heavy atom. The normalized spacial score (nSPS) is 11.6. The second-order valence-electron chi connectivity index (χ2n) is 11.2. The van der Waals surface area contributed by atoms with E-state index in [1.807, 2.05) is 30.6 Å². The largest absolute Gasteiger partial charge is 0.255 e. The summed E-state index contributed by atoms with van der Waals surface area (Å²) >= 11 is 0. The van der Waals surface area contributed by atoms with Crippen molar-refractivity contribution in [1.82, 2.24) is 4.98 Å². The lowest BCUT2D eigenvalue weighted by Gasteiger charge is -2.28. The first kappa shape index (κ1) is 28.1. The second-order valence-corrected chi connectivity index (χ2v) is 11.2. The van der Waals surface area contributed by atoms with E-state index in [2.05, 4.69) is 152 Å². The summed E-state index contributed by atoms with van der Waals surface area (Å²) in [4.78, 5) is 9.91. The van der Waals surface area contributed by atoms with Crippen molar-refractivity contribution in [3.8, 4) is 0 Å². The number of benzene rings is 5. The fourth-order valence-electron chi connectivity index (χ4n) is 5.89. The van der Waals surface area contributed by atoms with E-state index in [1.54, 1.807) is 0 Å². The molecule has 0 saturated carbocycles. The van der Waals surface area contributed by atoms with Gasteiger partial charge in [0.1, 0.15) is 0 Å². The molecule has 0 fully saturated rings. The van der Waals surface area contributed by atoms with Gasteiger partial charge < -0.3 is 0 Å². The number of rotatable bonds is 9. The van der Waals surface area contributed by atoms with Crippen LogP contribution in [0.5, 0.6) is 0 Å².